The number of ether oxygens (including phenoxy) is 1. The van der Waals surface area contributed by atoms with Crippen molar-refractivity contribution in [1.82, 2.24) is 9.55 Å². The maximum Gasteiger partial charge on any atom is 0.257 e. The third-order valence-electron chi connectivity index (χ3n) is 5.37. The van der Waals surface area contributed by atoms with Gasteiger partial charge in [0.2, 0.25) is 5.95 Å². The van der Waals surface area contributed by atoms with E-state index >= 15 is 0 Å². The molecular formula is C27H27N3O2. The van der Waals surface area contributed by atoms with Gasteiger partial charge in [0, 0.05) is 23.0 Å². The molecule has 1 amide bonds. The number of aryl methyl sites for hydroxylation is 1. The predicted molar refractivity (Wildman–Crippen MR) is 129 cm³/mol. The molecule has 4 rings (SSSR count). The van der Waals surface area contributed by atoms with Crippen LogP contribution in [0.3, 0.4) is 0 Å². The topological polar surface area (TPSA) is 56.1 Å². The summed E-state index contributed by atoms with van der Waals surface area (Å²) in [6.07, 6.45) is 5.25. The highest BCUT2D eigenvalue weighted by Gasteiger charge is 2.15. The lowest BCUT2D eigenvalue weighted by Gasteiger charge is -2.09. The fraction of sp³-hybridized carbons (Fsp3) is 0.185. The molecule has 0 fully saturated rings. The highest BCUT2D eigenvalue weighted by molar-refractivity contribution is 6.03. The van der Waals surface area contributed by atoms with Gasteiger partial charge in [0.05, 0.1) is 12.8 Å². The number of nitrogens with one attached hydrogen (secondary N) is 1. The van der Waals surface area contributed by atoms with Crippen molar-refractivity contribution in [2.75, 3.05) is 12.4 Å². The number of nitrogens with zero attached hydrogens (tertiary/aromatic N) is 2. The minimum atomic E-state index is -0.188. The van der Waals surface area contributed by atoms with Crippen molar-refractivity contribution in [3.8, 4) is 22.7 Å². The zero-order valence-corrected chi connectivity index (χ0v) is 18.4. The number of para-hydroxylation sites is 1. The first kappa shape index (κ1) is 21.4. The van der Waals surface area contributed by atoms with E-state index in [-0.39, 0.29) is 5.91 Å². The Morgan fingerprint density at radius 2 is 1.78 bits per heavy atom. The van der Waals surface area contributed by atoms with E-state index in [1.54, 1.807) is 7.11 Å². The Morgan fingerprint density at radius 3 is 2.50 bits per heavy atom. The van der Waals surface area contributed by atoms with Crippen LogP contribution in [0.5, 0.6) is 5.75 Å². The molecule has 1 heterocycles. The number of anilines is 1. The van der Waals surface area contributed by atoms with Crippen molar-refractivity contribution < 1.29 is 9.53 Å². The van der Waals surface area contributed by atoms with Gasteiger partial charge in [-0.3, -0.25) is 14.7 Å². The zero-order chi connectivity index (χ0) is 22.3. The summed E-state index contributed by atoms with van der Waals surface area (Å²) < 4.78 is 7.24. The number of imidazole rings is 1. The molecule has 1 aromatic heterocycles. The minimum Gasteiger partial charge on any atom is -0.497 e. The standard InChI is InChI=1S/C27H27N3O2/c1-3-4-9-20-14-16-21(17-15-20)26(31)29-27-28-25(22-10-8-13-24(18-22)32-2)19-30(27)23-11-6-5-7-12-23/h5-8,10-19H,3-4,9H2,1-2H3,(H,28,29,31). The first-order valence-electron chi connectivity index (χ1n) is 10.9. The Balaban J connectivity index is 1.64. The summed E-state index contributed by atoms with van der Waals surface area (Å²) in [7, 11) is 1.64. The summed E-state index contributed by atoms with van der Waals surface area (Å²) in [4.78, 5) is 17.7. The molecule has 0 bridgehead atoms. The van der Waals surface area contributed by atoms with Crippen molar-refractivity contribution in [3.05, 3.63) is 96.2 Å². The number of hydrogen-bond donors (Lipinski definition) is 1. The third kappa shape index (κ3) is 4.89. The Hall–Kier alpha value is -3.86. The molecule has 0 radical (unpaired) electrons. The fourth-order valence-electron chi connectivity index (χ4n) is 3.55. The lowest BCUT2D eigenvalue weighted by molar-refractivity contribution is 0.102. The number of amides is 1. The molecule has 5 heteroatoms. The van der Waals surface area contributed by atoms with Gasteiger partial charge in [0.25, 0.3) is 5.91 Å². The molecule has 0 atom stereocenters. The number of benzene rings is 3. The van der Waals surface area contributed by atoms with Crippen molar-refractivity contribution in [2.45, 2.75) is 26.2 Å². The first-order valence-corrected chi connectivity index (χ1v) is 10.9. The second-order valence-corrected chi connectivity index (χ2v) is 7.64. The lowest BCUT2D eigenvalue weighted by atomic mass is 10.1. The number of hydrogen-bond acceptors (Lipinski definition) is 3. The van der Waals surface area contributed by atoms with Gasteiger partial charge in [-0.2, -0.15) is 0 Å². The number of carbonyl (C=O) groups excluding carboxylic acids is 1. The Kier molecular flexibility index (Phi) is 6.66. The minimum absolute atomic E-state index is 0.188. The van der Waals surface area contributed by atoms with Crippen LogP contribution >= 0.6 is 0 Å². The highest BCUT2D eigenvalue weighted by Crippen LogP contribution is 2.27. The second kappa shape index (κ2) is 9.96. The van der Waals surface area contributed by atoms with Crippen LogP contribution in [0.15, 0.2) is 85.1 Å². The SMILES string of the molecule is CCCCc1ccc(C(=O)Nc2nc(-c3cccc(OC)c3)cn2-c2ccccc2)cc1. The molecule has 32 heavy (non-hydrogen) atoms. The van der Waals surface area contributed by atoms with Gasteiger partial charge < -0.3 is 4.74 Å². The van der Waals surface area contributed by atoms with E-state index in [2.05, 4.69) is 12.2 Å². The van der Waals surface area contributed by atoms with Crippen LogP contribution in [0.2, 0.25) is 0 Å². The van der Waals surface area contributed by atoms with E-state index < -0.39 is 0 Å². The van der Waals surface area contributed by atoms with Crippen molar-refractivity contribution >= 4 is 11.9 Å². The normalized spacial score (nSPS) is 10.7. The summed E-state index contributed by atoms with van der Waals surface area (Å²) in [5.74, 6) is 1.03. The number of rotatable bonds is 8. The molecule has 0 saturated heterocycles. The number of methoxy groups -OCH3 is 1. The van der Waals surface area contributed by atoms with Crippen molar-refractivity contribution in [1.29, 1.82) is 0 Å². The summed E-state index contributed by atoms with van der Waals surface area (Å²) in [6, 6.07) is 25.4. The van der Waals surface area contributed by atoms with Crippen LogP contribution in [-0.4, -0.2) is 22.6 Å². The molecule has 162 valence electrons. The smallest absolute Gasteiger partial charge is 0.257 e. The maximum absolute atomic E-state index is 13.0. The molecule has 3 aromatic carbocycles. The molecule has 5 nitrogen and oxygen atoms in total. The molecule has 4 aromatic rings. The molecule has 0 aliphatic heterocycles. The van der Waals surface area contributed by atoms with Crippen molar-refractivity contribution in [2.24, 2.45) is 0 Å². The van der Waals surface area contributed by atoms with E-state index in [1.165, 1.54) is 5.56 Å². The quantitative estimate of drug-likeness (QED) is 0.369. The Bertz CT molecular complexity index is 1180. The summed E-state index contributed by atoms with van der Waals surface area (Å²) in [5, 5.41) is 2.99. The van der Waals surface area contributed by atoms with E-state index in [9.17, 15) is 4.79 Å². The van der Waals surface area contributed by atoms with Crippen LogP contribution < -0.4 is 10.1 Å². The molecule has 0 spiro atoms. The molecule has 0 aliphatic carbocycles. The van der Waals surface area contributed by atoms with E-state index in [1.807, 2.05) is 89.6 Å². The Morgan fingerprint density at radius 1 is 1.00 bits per heavy atom. The van der Waals surface area contributed by atoms with Crippen LogP contribution in [0.1, 0.15) is 35.7 Å². The van der Waals surface area contributed by atoms with Gasteiger partial charge in [-0.05, 0) is 54.8 Å². The predicted octanol–water partition coefficient (Wildman–Crippen LogP) is 6.14. The van der Waals surface area contributed by atoms with Gasteiger partial charge in [0.15, 0.2) is 0 Å². The zero-order valence-electron chi connectivity index (χ0n) is 18.4. The molecular weight excluding hydrogens is 398 g/mol. The average Bonchev–Trinajstić information content (AvgIpc) is 3.27. The summed E-state index contributed by atoms with van der Waals surface area (Å²) in [5.41, 5.74) is 4.43. The van der Waals surface area contributed by atoms with Crippen molar-refractivity contribution in [3.63, 3.8) is 0 Å². The second-order valence-electron chi connectivity index (χ2n) is 7.64. The summed E-state index contributed by atoms with van der Waals surface area (Å²) in [6.45, 7) is 2.18. The van der Waals surface area contributed by atoms with Gasteiger partial charge in [0.1, 0.15) is 5.75 Å². The van der Waals surface area contributed by atoms with Gasteiger partial charge in [-0.1, -0.05) is 55.8 Å². The maximum atomic E-state index is 13.0. The van der Waals surface area contributed by atoms with E-state index in [4.69, 9.17) is 9.72 Å². The van der Waals surface area contributed by atoms with Gasteiger partial charge >= 0.3 is 0 Å². The van der Waals surface area contributed by atoms with E-state index in [0.717, 1.165) is 42.0 Å². The molecule has 0 unspecified atom stereocenters. The van der Waals surface area contributed by atoms with Gasteiger partial charge in [-0.15, -0.1) is 0 Å². The number of aromatic nitrogens is 2. The first-order chi connectivity index (χ1) is 15.7. The Labute approximate surface area is 188 Å². The third-order valence-corrected chi connectivity index (χ3v) is 5.37. The number of carbonyl (C=O) groups is 1. The molecule has 0 saturated carbocycles. The van der Waals surface area contributed by atoms with Crippen LogP contribution in [0, 0.1) is 0 Å². The molecule has 0 aliphatic rings. The van der Waals surface area contributed by atoms with Crippen LogP contribution in [0.25, 0.3) is 16.9 Å². The highest BCUT2D eigenvalue weighted by atomic mass is 16.5. The average molecular weight is 426 g/mol. The monoisotopic (exact) mass is 425 g/mol. The fourth-order valence-corrected chi connectivity index (χ4v) is 3.55. The van der Waals surface area contributed by atoms with Gasteiger partial charge in [-0.25, -0.2) is 4.98 Å². The lowest BCUT2D eigenvalue weighted by Crippen LogP contribution is -2.15. The molecule has 1 N–H and O–H groups in total. The largest absolute Gasteiger partial charge is 0.497 e. The van der Waals surface area contributed by atoms with E-state index in [0.29, 0.717) is 11.5 Å². The van der Waals surface area contributed by atoms with Crippen LogP contribution in [-0.2, 0) is 6.42 Å². The summed E-state index contributed by atoms with van der Waals surface area (Å²) >= 11 is 0. The number of unbranched alkanes of at least 4 members (excludes halogenated alkanes) is 1. The van der Waals surface area contributed by atoms with Crippen LogP contribution in [0.4, 0.5) is 5.95 Å².